The van der Waals surface area contributed by atoms with Gasteiger partial charge in [0.1, 0.15) is 0 Å². The summed E-state index contributed by atoms with van der Waals surface area (Å²) in [5, 5.41) is 8.24. The van der Waals surface area contributed by atoms with Gasteiger partial charge in [0, 0.05) is 6.61 Å². The quantitative estimate of drug-likeness (QED) is 0.659. The summed E-state index contributed by atoms with van der Waals surface area (Å²) >= 11 is 0. The van der Waals surface area contributed by atoms with Crippen LogP contribution < -0.4 is 0 Å². The number of aliphatic hydroxyl groups excluding tert-OH is 1. The molecule has 11 heavy (non-hydrogen) atoms. The first-order valence-electron chi connectivity index (χ1n) is 4.79. The van der Waals surface area contributed by atoms with Crippen molar-refractivity contribution in [2.24, 2.45) is 5.92 Å². The average Bonchev–Trinajstić information content (AvgIpc) is 1.93. The first-order chi connectivity index (χ1) is 5.18. The molecule has 0 aromatic heterocycles. The van der Waals surface area contributed by atoms with Gasteiger partial charge in [-0.1, -0.05) is 48.0 Å². The summed E-state index contributed by atoms with van der Waals surface area (Å²) < 4.78 is 0. The molecule has 1 nitrogen and oxygen atoms in total. The van der Waals surface area contributed by atoms with Crippen LogP contribution in [0.1, 0.15) is 54.4 Å². The lowest BCUT2D eigenvalue weighted by atomic mass is 10.2. The number of hydrogen-bond acceptors (Lipinski definition) is 1. The minimum absolute atomic E-state index is 0.331. The summed E-state index contributed by atoms with van der Waals surface area (Å²) in [6, 6.07) is 0. The highest BCUT2D eigenvalue weighted by molar-refractivity contribution is 4.38. The molecule has 0 aromatic rings. The first-order valence-corrected chi connectivity index (χ1v) is 4.79. The summed E-state index contributed by atoms with van der Waals surface area (Å²) in [6.45, 7) is 12.8. The Morgan fingerprint density at radius 1 is 1.09 bits per heavy atom. The van der Waals surface area contributed by atoms with Gasteiger partial charge < -0.3 is 5.11 Å². The van der Waals surface area contributed by atoms with E-state index in [4.69, 9.17) is 5.11 Å². The lowest BCUT2D eigenvalue weighted by molar-refractivity contribution is 0.268. The van der Waals surface area contributed by atoms with E-state index in [1.54, 1.807) is 0 Å². The van der Waals surface area contributed by atoms with Crippen LogP contribution >= 0.6 is 0 Å². The molecule has 0 aliphatic carbocycles. The van der Waals surface area contributed by atoms with E-state index in [-0.39, 0.29) is 0 Å². The molecule has 0 aliphatic heterocycles. The van der Waals surface area contributed by atoms with Gasteiger partial charge in [-0.15, -0.1) is 0 Å². The normalized spacial score (nSPS) is 7.64. The van der Waals surface area contributed by atoms with Gasteiger partial charge in [-0.2, -0.15) is 0 Å². The minimum Gasteiger partial charge on any atom is -0.396 e. The summed E-state index contributed by atoms with van der Waals surface area (Å²) in [5.41, 5.74) is 0. The zero-order valence-electron chi connectivity index (χ0n) is 9.15. The van der Waals surface area contributed by atoms with Crippen LogP contribution in [0.15, 0.2) is 0 Å². The van der Waals surface area contributed by atoms with E-state index in [9.17, 15) is 0 Å². The molecule has 0 spiro atoms. The Balaban J connectivity index is -0.000000109. The van der Waals surface area contributed by atoms with E-state index in [0.29, 0.717) is 12.5 Å². The van der Waals surface area contributed by atoms with Gasteiger partial charge in [0.2, 0.25) is 0 Å². The molecule has 0 bridgehead atoms. The molecule has 0 unspecified atom stereocenters. The predicted octanol–water partition coefficient (Wildman–Crippen LogP) is 3.47. The highest BCUT2D eigenvalue weighted by Gasteiger charge is 1.86. The van der Waals surface area contributed by atoms with Crippen LogP contribution in [0.5, 0.6) is 0 Å². The van der Waals surface area contributed by atoms with Crippen molar-refractivity contribution in [2.45, 2.75) is 54.4 Å². The van der Waals surface area contributed by atoms with E-state index in [0.717, 1.165) is 6.42 Å². The Morgan fingerprint density at radius 2 is 1.36 bits per heavy atom. The van der Waals surface area contributed by atoms with Crippen LogP contribution in [0.2, 0.25) is 0 Å². The van der Waals surface area contributed by atoms with Gasteiger partial charge in [0.25, 0.3) is 0 Å². The van der Waals surface area contributed by atoms with Gasteiger partial charge in [-0.3, -0.25) is 0 Å². The Morgan fingerprint density at radius 3 is 1.36 bits per heavy atom. The molecule has 72 valence electrons. The number of hydrogen-bond donors (Lipinski definition) is 1. The Labute approximate surface area is 72.8 Å². The van der Waals surface area contributed by atoms with Crippen molar-refractivity contribution in [3.8, 4) is 0 Å². The molecule has 0 rings (SSSR count). The molecule has 0 aromatic carbocycles. The minimum atomic E-state index is 0.331. The number of rotatable bonds is 2. The first kappa shape index (κ1) is 17.2. The standard InChI is InChI=1S/C5H12O.C3H8.C2H6/c1-5(2)3-4-6;1-3-2;1-2/h5-6H,3-4H2,1-2H3;3H2,1-2H3;1-2H3. The topological polar surface area (TPSA) is 20.2 Å². The maximum Gasteiger partial charge on any atom is 0.0433 e. The molecular weight excluding hydrogens is 136 g/mol. The van der Waals surface area contributed by atoms with Crippen LogP contribution in [0.3, 0.4) is 0 Å². The zero-order chi connectivity index (χ0) is 9.70. The molecule has 0 radical (unpaired) electrons. The number of aliphatic hydroxyl groups is 1. The van der Waals surface area contributed by atoms with E-state index in [1.807, 2.05) is 13.8 Å². The second kappa shape index (κ2) is 22.5. The van der Waals surface area contributed by atoms with Crippen molar-refractivity contribution in [1.29, 1.82) is 0 Å². The molecule has 0 heterocycles. The third-order valence-electron chi connectivity index (χ3n) is 0.706. The summed E-state index contributed by atoms with van der Waals surface area (Å²) in [6.07, 6.45) is 2.18. The smallest absolute Gasteiger partial charge is 0.0433 e. The average molecular weight is 162 g/mol. The fourth-order valence-corrected chi connectivity index (χ4v) is 0.258. The third-order valence-corrected chi connectivity index (χ3v) is 0.706. The molecule has 0 saturated carbocycles. The van der Waals surface area contributed by atoms with Gasteiger partial charge >= 0.3 is 0 Å². The summed E-state index contributed by atoms with van der Waals surface area (Å²) in [7, 11) is 0. The van der Waals surface area contributed by atoms with Crippen molar-refractivity contribution < 1.29 is 5.11 Å². The van der Waals surface area contributed by atoms with Crippen LogP contribution in [0, 0.1) is 5.92 Å². The second-order valence-corrected chi connectivity index (χ2v) is 2.61. The molecule has 0 fully saturated rings. The lowest BCUT2D eigenvalue weighted by Crippen LogP contribution is -1.89. The summed E-state index contributed by atoms with van der Waals surface area (Å²) in [4.78, 5) is 0. The van der Waals surface area contributed by atoms with Crippen molar-refractivity contribution in [3.05, 3.63) is 0 Å². The van der Waals surface area contributed by atoms with Gasteiger partial charge in [-0.05, 0) is 12.3 Å². The van der Waals surface area contributed by atoms with Crippen LogP contribution in [-0.4, -0.2) is 11.7 Å². The Bertz CT molecular complexity index is 33.9. The third kappa shape index (κ3) is 72.0. The van der Waals surface area contributed by atoms with Crippen LogP contribution in [0.25, 0.3) is 0 Å². The predicted molar refractivity (Wildman–Crippen MR) is 53.9 cm³/mol. The molecule has 0 saturated heterocycles. The van der Waals surface area contributed by atoms with Crippen molar-refractivity contribution in [2.75, 3.05) is 6.61 Å². The monoisotopic (exact) mass is 162 g/mol. The van der Waals surface area contributed by atoms with Crippen molar-refractivity contribution in [3.63, 3.8) is 0 Å². The van der Waals surface area contributed by atoms with E-state index < -0.39 is 0 Å². The van der Waals surface area contributed by atoms with E-state index in [2.05, 4.69) is 27.7 Å². The van der Waals surface area contributed by atoms with Crippen molar-refractivity contribution in [1.82, 2.24) is 0 Å². The lowest BCUT2D eigenvalue weighted by Gasteiger charge is -1.95. The van der Waals surface area contributed by atoms with E-state index >= 15 is 0 Å². The van der Waals surface area contributed by atoms with Crippen LogP contribution in [0.4, 0.5) is 0 Å². The van der Waals surface area contributed by atoms with Gasteiger partial charge in [-0.25, -0.2) is 0 Å². The molecule has 1 N–H and O–H groups in total. The molecule has 0 atom stereocenters. The van der Waals surface area contributed by atoms with Gasteiger partial charge in [0.15, 0.2) is 0 Å². The maximum atomic E-state index is 8.24. The highest BCUT2D eigenvalue weighted by atomic mass is 16.2. The fourth-order valence-electron chi connectivity index (χ4n) is 0.258. The maximum absolute atomic E-state index is 8.24. The largest absolute Gasteiger partial charge is 0.396 e. The molecule has 0 aliphatic rings. The highest BCUT2D eigenvalue weighted by Crippen LogP contribution is 1.94. The molecule has 0 amide bonds. The van der Waals surface area contributed by atoms with Crippen LogP contribution in [-0.2, 0) is 0 Å². The van der Waals surface area contributed by atoms with Crippen molar-refractivity contribution >= 4 is 0 Å². The Hall–Kier alpha value is -0.0400. The fraction of sp³-hybridized carbons (Fsp3) is 1.00. The summed E-state index contributed by atoms with van der Waals surface area (Å²) in [5.74, 6) is 0.648. The SMILES string of the molecule is CC.CC(C)CCO.CCC. The second-order valence-electron chi connectivity index (χ2n) is 2.61. The van der Waals surface area contributed by atoms with Gasteiger partial charge in [0.05, 0.1) is 0 Å². The molecular formula is C10H26O. The Kier molecular flexibility index (Phi) is 35.1. The zero-order valence-corrected chi connectivity index (χ0v) is 9.15. The molecule has 1 heteroatoms. The van der Waals surface area contributed by atoms with E-state index in [1.165, 1.54) is 6.42 Å².